The first-order chi connectivity index (χ1) is 20.8. The van der Waals surface area contributed by atoms with Crippen molar-refractivity contribution in [2.45, 2.75) is 24.2 Å². The molecule has 3 aromatic rings. The molecule has 3 aliphatic carbocycles. The lowest BCUT2D eigenvalue weighted by atomic mass is 9.44. The van der Waals surface area contributed by atoms with Crippen LogP contribution in [0.2, 0.25) is 0 Å². The number of imide groups is 1. The standard InChI is InChI=1S/C35H29NO7/c1-43-28-16-21(37)12-13-23(28)31-22-14-15-24-30(34(41)36(42)33(24)40)26(22)17-27-32(39)25(19-8-4-2-5-9-19)18-29(38)35(27,31)20-10-6-3-7-11-20/h2-14,16,18,24,26-27,30-31,37,42H,15,17H2,1H3/t24-,26+,27-,30-,31+,35-/m0/s1. The molecule has 2 N–H and O–H groups in total. The molecule has 1 aliphatic heterocycles. The molecule has 4 aliphatic rings. The van der Waals surface area contributed by atoms with Crippen LogP contribution in [0.25, 0.3) is 5.57 Å². The summed E-state index contributed by atoms with van der Waals surface area (Å²) in [6.45, 7) is 0. The van der Waals surface area contributed by atoms with Gasteiger partial charge in [0.05, 0.1) is 24.4 Å². The highest BCUT2D eigenvalue weighted by Crippen LogP contribution is 2.64. The number of nitrogens with zero attached hydrogens (tertiary/aromatic N) is 1. The Morgan fingerprint density at radius 2 is 1.58 bits per heavy atom. The molecular weight excluding hydrogens is 546 g/mol. The van der Waals surface area contributed by atoms with E-state index in [1.165, 1.54) is 25.3 Å². The van der Waals surface area contributed by atoms with Crippen LogP contribution < -0.4 is 4.74 Å². The van der Waals surface area contributed by atoms with Gasteiger partial charge < -0.3 is 9.84 Å². The van der Waals surface area contributed by atoms with E-state index in [-0.39, 0.29) is 35.2 Å². The number of aromatic hydroxyl groups is 1. The van der Waals surface area contributed by atoms with Crippen LogP contribution >= 0.6 is 0 Å². The Balaban J connectivity index is 1.55. The number of rotatable bonds is 4. The number of hydroxylamine groups is 2. The van der Waals surface area contributed by atoms with Crippen molar-refractivity contribution in [3.8, 4) is 11.5 Å². The number of carbonyl (C=O) groups is 4. The van der Waals surface area contributed by atoms with Gasteiger partial charge in [0.25, 0.3) is 11.8 Å². The molecule has 216 valence electrons. The summed E-state index contributed by atoms with van der Waals surface area (Å²) >= 11 is 0. The maximum Gasteiger partial charge on any atom is 0.257 e. The van der Waals surface area contributed by atoms with Crippen molar-refractivity contribution >= 4 is 29.0 Å². The highest BCUT2D eigenvalue weighted by atomic mass is 16.5. The van der Waals surface area contributed by atoms with E-state index in [1.54, 1.807) is 18.2 Å². The number of phenolic OH excluding ortho intramolecular Hbond substituents is 1. The van der Waals surface area contributed by atoms with Gasteiger partial charge in [0, 0.05) is 29.0 Å². The van der Waals surface area contributed by atoms with Crippen molar-refractivity contribution in [3.63, 3.8) is 0 Å². The molecule has 1 saturated carbocycles. The number of methoxy groups -OCH3 is 1. The van der Waals surface area contributed by atoms with Gasteiger partial charge in [-0.1, -0.05) is 78.4 Å². The van der Waals surface area contributed by atoms with Gasteiger partial charge in [-0.15, -0.1) is 0 Å². The van der Waals surface area contributed by atoms with Crippen molar-refractivity contribution < 1.29 is 34.2 Å². The number of ketones is 2. The topological polar surface area (TPSA) is 121 Å². The fourth-order valence-corrected chi connectivity index (χ4v) is 8.14. The van der Waals surface area contributed by atoms with E-state index in [2.05, 4.69) is 0 Å². The van der Waals surface area contributed by atoms with E-state index >= 15 is 0 Å². The van der Waals surface area contributed by atoms with Crippen LogP contribution in [0.15, 0.2) is 96.6 Å². The average Bonchev–Trinajstić information content (AvgIpc) is 3.26. The second-order valence-corrected chi connectivity index (χ2v) is 11.7. The zero-order chi connectivity index (χ0) is 30.0. The van der Waals surface area contributed by atoms with Gasteiger partial charge in [-0.05, 0) is 42.0 Å². The average molecular weight is 576 g/mol. The van der Waals surface area contributed by atoms with Gasteiger partial charge in [-0.25, -0.2) is 0 Å². The van der Waals surface area contributed by atoms with E-state index < -0.39 is 46.8 Å². The van der Waals surface area contributed by atoms with E-state index in [4.69, 9.17) is 4.74 Å². The molecule has 3 aromatic carbocycles. The molecule has 2 fully saturated rings. The molecule has 0 unspecified atom stereocenters. The minimum Gasteiger partial charge on any atom is -0.508 e. The van der Waals surface area contributed by atoms with Gasteiger partial charge in [-0.3, -0.25) is 24.4 Å². The lowest BCUT2D eigenvalue weighted by Gasteiger charge is -2.55. The molecule has 1 heterocycles. The highest BCUT2D eigenvalue weighted by molar-refractivity contribution is 6.31. The number of Topliss-reactive ketones (excluding diaryl/α,β-unsaturated/α-hetero) is 1. The molecule has 43 heavy (non-hydrogen) atoms. The van der Waals surface area contributed by atoms with E-state index in [0.717, 1.165) is 5.57 Å². The maximum atomic E-state index is 14.9. The van der Waals surface area contributed by atoms with Crippen LogP contribution in [0.3, 0.4) is 0 Å². The Morgan fingerprint density at radius 1 is 0.884 bits per heavy atom. The predicted molar refractivity (Wildman–Crippen MR) is 155 cm³/mol. The largest absolute Gasteiger partial charge is 0.508 e. The van der Waals surface area contributed by atoms with Crippen LogP contribution in [-0.4, -0.2) is 45.9 Å². The van der Waals surface area contributed by atoms with Crippen molar-refractivity contribution in [3.05, 3.63) is 113 Å². The van der Waals surface area contributed by atoms with Crippen molar-refractivity contribution in [2.24, 2.45) is 23.7 Å². The second-order valence-electron chi connectivity index (χ2n) is 11.7. The number of hydrogen-bond acceptors (Lipinski definition) is 7. The summed E-state index contributed by atoms with van der Waals surface area (Å²) in [7, 11) is 1.47. The Labute approximate surface area is 247 Å². The number of phenols is 1. The molecule has 1 saturated heterocycles. The molecule has 0 aromatic heterocycles. The lowest BCUT2D eigenvalue weighted by molar-refractivity contribution is -0.173. The quantitative estimate of drug-likeness (QED) is 0.265. The first kappa shape index (κ1) is 27.0. The number of allylic oxidation sites excluding steroid dienone is 4. The summed E-state index contributed by atoms with van der Waals surface area (Å²) < 4.78 is 5.75. The second kappa shape index (κ2) is 9.88. The number of fused-ring (bicyclic) bond motifs is 4. The minimum atomic E-state index is -1.40. The Hall–Kier alpha value is -4.82. The summed E-state index contributed by atoms with van der Waals surface area (Å²) in [6, 6.07) is 22.9. The van der Waals surface area contributed by atoms with Gasteiger partial charge in [0.2, 0.25) is 0 Å². The van der Waals surface area contributed by atoms with E-state index in [0.29, 0.717) is 28.0 Å². The molecule has 7 rings (SSSR count). The molecule has 8 nitrogen and oxygen atoms in total. The third-order valence-electron chi connectivity index (χ3n) is 9.88. The van der Waals surface area contributed by atoms with Gasteiger partial charge in [0.15, 0.2) is 11.6 Å². The molecular formula is C35H29NO7. The third kappa shape index (κ3) is 3.72. The van der Waals surface area contributed by atoms with E-state index in [9.17, 15) is 29.5 Å². The number of hydrogen-bond donors (Lipinski definition) is 2. The van der Waals surface area contributed by atoms with Crippen LogP contribution in [0, 0.1) is 23.7 Å². The maximum absolute atomic E-state index is 14.9. The molecule has 8 heteroatoms. The Morgan fingerprint density at radius 3 is 2.28 bits per heavy atom. The fraction of sp³-hybridized carbons (Fsp3) is 0.257. The van der Waals surface area contributed by atoms with Gasteiger partial charge >= 0.3 is 0 Å². The first-order valence-corrected chi connectivity index (χ1v) is 14.3. The molecule has 2 amide bonds. The number of ether oxygens (including phenoxy) is 1. The SMILES string of the molecule is COc1cc(O)ccc1[C@H]1C2=CC[C@@H]3C(=O)N(O)C(=O)[C@@H]3[C@@H]2C[C@H]2C(=O)C(c3ccccc3)=CC(=O)[C@@]12c1ccccc1. The van der Waals surface area contributed by atoms with Crippen LogP contribution in [0.4, 0.5) is 0 Å². The zero-order valence-electron chi connectivity index (χ0n) is 23.3. The first-order valence-electron chi connectivity index (χ1n) is 14.3. The van der Waals surface area contributed by atoms with Crippen molar-refractivity contribution in [1.29, 1.82) is 0 Å². The number of carbonyl (C=O) groups excluding carboxylic acids is 4. The lowest BCUT2D eigenvalue weighted by Crippen LogP contribution is -2.58. The smallest absolute Gasteiger partial charge is 0.257 e. The summed E-state index contributed by atoms with van der Waals surface area (Å²) in [5, 5.41) is 20.9. The van der Waals surface area contributed by atoms with Crippen molar-refractivity contribution in [1.82, 2.24) is 5.06 Å². The summed E-state index contributed by atoms with van der Waals surface area (Å²) in [5.74, 6) is -5.40. The predicted octanol–water partition coefficient (Wildman–Crippen LogP) is 4.61. The molecule has 0 radical (unpaired) electrons. The van der Waals surface area contributed by atoms with Crippen LogP contribution in [-0.2, 0) is 24.6 Å². The van der Waals surface area contributed by atoms with Crippen molar-refractivity contribution in [2.75, 3.05) is 7.11 Å². The van der Waals surface area contributed by atoms with Crippen LogP contribution in [0.5, 0.6) is 11.5 Å². The van der Waals surface area contributed by atoms with Gasteiger partial charge in [-0.2, -0.15) is 5.06 Å². The number of amides is 2. The summed E-state index contributed by atoms with van der Waals surface area (Å²) in [5.41, 5.74) is 1.51. The Kier molecular flexibility index (Phi) is 6.21. The fourth-order valence-electron chi connectivity index (χ4n) is 8.14. The minimum absolute atomic E-state index is 0.0271. The Bertz CT molecular complexity index is 1740. The van der Waals surface area contributed by atoms with Gasteiger partial charge in [0.1, 0.15) is 11.5 Å². The molecule has 0 spiro atoms. The molecule has 0 bridgehead atoms. The number of benzene rings is 3. The monoisotopic (exact) mass is 575 g/mol. The van der Waals surface area contributed by atoms with E-state index in [1.807, 2.05) is 54.6 Å². The normalized spacial score (nSPS) is 29.8. The molecule has 6 atom stereocenters. The highest BCUT2D eigenvalue weighted by Gasteiger charge is 2.66. The summed E-state index contributed by atoms with van der Waals surface area (Å²) in [6.07, 6.45) is 3.70. The zero-order valence-corrected chi connectivity index (χ0v) is 23.3. The van der Waals surface area contributed by atoms with Crippen LogP contribution in [0.1, 0.15) is 35.4 Å². The third-order valence-corrected chi connectivity index (χ3v) is 9.88. The summed E-state index contributed by atoms with van der Waals surface area (Å²) in [4.78, 5) is 55.9.